The summed E-state index contributed by atoms with van der Waals surface area (Å²) in [6, 6.07) is 9.44. The van der Waals surface area contributed by atoms with Crippen LogP contribution in [0.2, 0.25) is 0 Å². The van der Waals surface area contributed by atoms with Crippen molar-refractivity contribution in [2.45, 2.75) is 57.7 Å². The number of nitrogens with zero attached hydrogens (tertiary/aromatic N) is 1. The molecule has 0 bridgehead atoms. The summed E-state index contributed by atoms with van der Waals surface area (Å²) in [7, 11) is 2.24. The molecule has 0 radical (unpaired) electrons. The van der Waals surface area contributed by atoms with Gasteiger partial charge in [-0.15, -0.1) is 0 Å². The second-order valence-electron chi connectivity index (χ2n) is 7.22. The second kappa shape index (κ2) is 6.17. The van der Waals surface area contributed by atoms with E-state index >= 15 is 0 Å². The van der Waals surface area contributed by atoms with Crippen LogP contribution in [-0.2, 0) is 16.6 Å². The van der Waals surface area contributed by atoms with E-state index in [1.807, 2.05) is 0 Å². The predicted octanol–water partition coefficient (Wildman–Crippen LogP) is 4.15. The maximum atomic E-state index is 6.37. The summed E-state index contributed by atoms with van der Waals surface area (Å²) in [5.74, 6) is 0.622. The lowest BCUT2D eigenvalue weighted by Crippen LogP contribution is -2.49. The summed E-state index contributed by atoms with van der Waals surface area (Å²) in [6.07, 6.45) is 8.28. The van der Waals surface area contributed by atoms with Gasteiger partial charge in [0.1, 0.15) is 6.23 Å². The Bertz CT molecular complexity index is 550. The van der Waals surface area contributed by atoms with Crippen LogP contribution in [-0.4, -0.2) is 30.8 Å². The molecule has 0 saturated carbocycles. The number of hydrogen-bond donors (Lipinski definition) is 0. The first-order valence-electron chi connectivity index (χ1n) is 8.69. The van der Waals surface area contributed by atoms with Crippen LogP contribution in [0.3, 0.4) is 0 Å². The van der Waals surface area contributed by atoms with Crippen LogP contribution in [0.1, 0.15) is 44.7 Å². The van der Waals surface area contributed by atoms with Crippen molar-refractivity contribution in [3.63, 3.8) is 0 Å². The Morgan fingerprint density at radius 3 is 2.77 bits per heavy atom. The number of likely N-dealkylation sites (N-methyl/N-ethyl adjacent to an activating group) is 1. The maximum Gasteiger partial charge on any atom is 0.124 e. The molecule has 1 aliphatic carbocycles. The highest BCUT2D eigenvalue weighted by Gasteiger charge is 2.48. The average molecular weight is 299 g/mol. The third kappa shape index (κ3) is 2.43. The average Bonchev–Trinajstić information content (AvgIpc) is 2.90. The highest BCUT2D eigenvalue weighted by atomic mass is 16.5. The summed E-state index contributed by atoms with van der Waals surface area (Å²) in [4.78, 5) is 2.48. The van der Waals surface area contributed by atoms with Crippen LogP contribution in [0.15, 0.2) is 36.4 Å². The molecule has 22 heavy (non-hydrogen) atoms. The molecule has 2 nitrogen and oxygen atoms in total. The van der Waals surface area contributed by atoms with Crippen molar-refractivity contribution in [2.24, 2.45) is 5.92 Å². The predicted molar refractivity (Wildman–Crippen MR) is 92.0 cm³/mol. The fraction of sp³-hybridized carbons (Fsp3) is 0.600. The van der Waals surface area contributed by atoms with E-state index in [-0.39, 0.29) is 11.6 Å². The smallest absolute Gasteiger partial charge is 0.124 e. The highest BCUT2D eigenvalue weighted by molar-refractivity contribution is 5.44. The first kappa shape index (κ1) is 15.8. The summed E-state index contributed by atoms with van der Waals surface area (Å²) >= 11 is 0. The quantitative estimate of drug-likeness (QED) is 0.774. The Labute approximate surface area is 135 Å². The molecule has 1 heterocycles. The van der Waals surface area contributed by atoms with Crippen molar-refractivity contribution in [2.75, 3.05) is 13.7 Å². The summed E-state index contributed by atoms with van der Waals surface area (Å²) < 4.78 is 6.37. The normalized spacial score (nSPS) is 31.7. The van der Waals surface area contributed by atoms with Gasteiger partial charge in [-0.05, 0) is 36.9 Å². The summed E-state index contributed by atoms with van der Waals surface area (Å²) in [6.45, 7) is 7.72. The molecule has 0 aromatic heterocycles. The Kier molecular flexibility index (Phi) is 4.42. The fourth-order valence-electron chi connectivity index (χ4n) is 4.38. The molecule has 120 valence electrons. The van der Waals surface area contributed by atoms with Crippen molar-refractivity contribution >= 4 is 0 Å². The Balaban J connectivity index is 2.03. The Hall–Kier alpha value is -1.12. The van der Waals surface area contributed by atoms with Gasteiger partial charge in [0.25, 0.3) is 0 Å². The van der Waals surface area contributed by atoms with Gasteiger partial charge < -0.3 is 4.74 Å². The molecule has 2 aliphatic rings. The molecule has 0 amide bonds. The zero-order valence-electron chi connectivity index (χ0n) is 14.4. The molecule has 1 unspecified atom stereocenters. The number of allylic oxidation sites excluding steroid dienone is 1. The molecular formula is C20H29NO. The van der Waals surface area contributed by atoms with Crippen molar-refractivity contribution in [1.82, 2.24) is 4.90 Å². The molecule has 3 atom stereocenters. The number of ether oxygens (including phenoxy) is 1. The number of rotatable bonds is 4. The first-order chi connectivity index (χ1) is 10.6. The molecule has 1 aromatic carbocycles. The molecule has 2 heteroatoms. The highest BCUT2D eigenvalue weighted by Crippen LogP contribution is 2.44. The second-order valence-corrected chi connectivity index (χ2v) is 7.22. The van der Waals surface area contributed by atoms with E-state index in [2.05, 4.69) is 69.1 Å². The van der Waals surface area contributed by atoms with Gasteiger partial charge in [-0.1, -0.05) is 63.6 Å². The van der Waals surface area contributed by atoms with Crippen LogP contribution in [0.4, 0.5) is 0 Å². The Morgan fingerprint density at radius 1 is 1.32 bits per heavy atom. The van der Waals surface area contributed by atoms with Crippen LogP contribution in [0.5, 0.6) is 0 Å². The molecule has 3 rings (SSSR count). The molecule has 1 fully saturated rings. The zero-order chi connectivity index (χ0) is 15.7. The Morgan fingerprint density at radius 2 is 2.09 bits per heavy atom. The van der Waals surface area contributed by atoms with Gasteiger partial charge in [0.2, 0.25) is 0 Å². The van der Waals surface area contributed by atoms with Gasteiger partial charge >= 0.3 is 0 Å². The molecule has 0 spiro atoms. The van der Waals surface area contributed by atoms with E-state index in [0.29, 0.717) is 12.0 Å². The molecular weight excluding hydrogens is 270 g/mol. The van der Waals surface area contributed by atoms with E-state index in [1.165, 1.54) is 17.5 Å². The maximum absolute atomic E-state index is 6.37. The van der Waals surface area contributed by atoms with Crippen LogP contribution >= 0.6 is 0 Å². The van der Waals surface area contributed by atoms with Crippen molar-refractivity contribution < 1.29 is 4.74 Å². The van der Waals surface area contributed by atoms with Crippen LogP contribution in [0.25, 0.3) is 0 Å². The van der Waals surface area contributed by atoms with Gasteiger partial charge in [0.15, 0.2) is 0 Å². The van der Waals surface area contributed by atoms with E-state index in [9.17, 15) is 0 Å². The van der Waals surface area contributed by atoms with Crippen molar-refractivity contribution in [3.05, 3.63) is 47.5 Å². The van der Waals surface area contributed by atoms with Crippen molar-refractivity contribution in [1.29, 1.82) is 0 Å². The molecule has 1 aliphatic heterocycles. The SMILES string of the molecule is CCC[C@]1(C2OC[C@H](C(C)C)N2C)C=CCc2ccccc21. The number of hydrogen-bond acceptors (Lipinski definition) is 2. The van der Waals surface area contributed by atoms with E-state index < -0.39 is 0 Å². The largest absolute Gasteiger partial charge is 0.360 e. The first-order valence-corrected chi connectivity index (χ1v) is 8.69. The van der Waals surface area contributed by atoms with Crippen molar-refractivity contribution in [3.8, 4) is 0 Å². The molecule has 1 aromatic rings. The lowest BCUT2D eigenvalue weighted by Gasteiger charge is -2.43. The van der Waals surface area contributed by atoms with Crippen LogP contribution in [0, 0.1) is 5.92 Å². The minimum atomic E-state index is 0.00197. The third-order valence-corrected chi connectivity index (χ3v) is 5.46. The van der Waals surface area contributed by atoms with Gasteiger partial charge in [-0.2, -0.15) is 0 Å². The minimum Gasteiger partial charge on any atom is -0.360 e. The lowest BCUT2D eigenvalue weighted by molar-refractivity contribution is -0.0117. The monoisotopic (exact) mass is 299 g/mol. The lowest BCUT2D eigenvalue weighted by atomic mass is 9.69. The third-order valence-electron chi connectivity index (χ3n) is 5.46. The zero-order valence-corrected chi connectivity index (χ0v) is 14.4. The number of benzene rings is 1. The van der Waals surface area contributed by atoms with Gasteiger partial charge in [-0.25, -0.2) is 0 Å². The molecule has 1 saturated heterocycles. The van der Waals surface area contributed by atoms with Crippen LogP contribution < -0.4 is 0 Å². The summed E-state index contributed by atoms with van der Waals surface area (Å²) in [5, 5.41) is 0. The standard InChI is InChI=1S/C20H29NO/c1-5-12-20(19-21(4)18(14-22-19)15(2)3)13-8-10-16-9-6-7-11-17(16)20/h6-9,11,13,15,18-19H,5,10,12,14H2,1-4H3/t18-,19?,20+/m1/s1. The van der Waals surface area contributed by atoms with E-state index in [0.717, 1.165) is 19.4 Å². The minimum absolute atomic E-state index is 0.00197. The van der Waals surface area contributed by atoms with Gasteiger partial charge in [0.05, 0.1) is 12.0 Å². The van der Waals surface area contributed by atoms with E-state index in [4.69, 9.17) is 4.74 Å². The van der Waals surface area contributed by atoms with Gasteiger partial charge in [0, 0.05) is 6.04 Å². The topological polar surface area (TPSA) is 12.5 Å². The van der Waals surface area contributed by atoms with E-state index in [1.54, 1.807) is 0 Å². The number of fused-ring (bicyclic) bond motifs is 1. The summed E-state index contributed by atoms with van der Waals surface area (Å²) in [5.41, 5.74) is 2.94. The molecule has 0 N–H and O–H groups in total. The fourth-order valence-corrected chi connectivity index (χ4v) is 4.38. The van der Waals surface area contributed by atoms with Gasteiger partial charge in [-0.3, -0.25) is 4.90 Å².